The zero-order chi connectivity index (χ0) is 13.7. The van der Waals surface area contributed by atoms with E-state index in [0.29, 0.717) is 6.42 Å². The van der Waals surface area contributed by atoms with Gasteiger partial charge in [0.1, 0.15) is 5.75 Å². The van der Waals surface area contributed by atoms with Crippen LogP contribution in [0.5, 0.6) is 5.75 Å². The topological polar surface area (TPSA) is 50.4 Å². The number of rotatable bonds is 4. The summed E-state index contributed by atoms with van der Waals surface area (Å²) in [5, 5.41) is 6.27. The first-order valence-electron chi connectivity index (χ1n) is 6.13. The van der Waals surface area contributed by atoms with Gasteiger partial charge in [-0.15, -0.1) is 0 Å². The van der Waals surface area contributed by atoms with E-state index < -0.39 is 0 Å². The average molecular weight is 345 g/mol. The van der Waals surface area contributed by atoms with Crippen molar-refractivity contribution in [3.8, 4) is 5.75 Å². The molecule has 1 aliphatic heterocycles. The van der Waals surface area contributed by atoms with Crippen LogP contribution < -0.4 is 15.4 Å². The van der Waals surface area contributed by atoms with Crippen LogP contribution in [0.15, 0.2) is 22.7 Å². The summed E-state index contributed by atoms with van der Waals surface area (Å²) >= 11 is 5.31. The van der Waals surface area contributed by atoms with Crippen LogP contribution in [0.25, 0.3) is 0 Å². The fourth-order valence-electron chi connectivity index (χ4n) is 1.90. The number of ether oxygens (including phenoxy) is 1. The first-order chi connectivity index (χ1) is 9.19. The van der Waals surface area contributed by atoms with Crippen molar-refractivity contribution >= 4 is 39.3 Å². The summed E-state index contributed by atoms with van der Waals surface area (Å²) in [6.45, 7) is 0.978. The predicted octanol–water partition coefficient (Wildman–Crippen LogP) is 2.49. The highest BCUT2D eigenvalue weighted by Crippen LogP contribution is 2.27. The molecule has 19 heavy (non-hydrogen) atoms. The molecular formula is C13H17BrN2O2S. The van der Waals surface area contributed by atoms with E-state index in [9.17, 15) is 4.79 Å². The molecule has 2 N–H and O–H groups in total. The maximum atomic E-state index is 12.0. The maximum Gasteiger partial charge on any atom is 0.226 e. The van der Waals surface area contributed by atoms with E-state index >= 15 is 0 Å². The van der Waals surface area contributed by atoms with Gasteiger partial charge in [-0.3, -0.25) is 4.79 Å². The molecule has 1 aromatic carbocycles. The molecular weight excluding hydrogens is 328 g/mol. The van der Waals surface area contributed by atoms with Gasteiger partial charge in [-0.2, -0.15) is 11.8 Å². The smallest absolute Gasteiger partial charge is 0.226 e. The third-order valence-corrected chi connectivity index (χ3v) is 4.70. The molecule has 1 atom stereocenters. The van der Waals surface area contributed by atoms with Crippen LogP contribution in [-0.2, 0) is 4.79 Å². The average Bonchev–Trinajstić information content (AvgIpc) is 2.42. The van der Waals surface area contributed by atoms with Crippen molar-refractivity contribution in [1.29, 1.82) is 0 Å². The molecule has 0 radical (unpaired) electrons. The quantitative estimate of drug-likeness (QED) is 0.880. The summed E-state index contributed by atoms with van der Waals surface area (Å²) in [6, 6.07) is 5.79. The molecule has 1 amide bonds. The minimum atomic E-state index is 0.0222. The van der Waals surface area contributed by atoms with Crippen LogP contribution in [0, 0.1) is 0 Å². The standard InChI is InChI=1S/C13H17BrN2O2S/c1-18-10-2-3-11(14)12(7-10)16-13(17)6-9-8-19-5-4-15-9/h2-3,7,9,15H,4-6,8H2,1H3,(H,16,17). The van der Waals surface area contributed by atoms with Crippen molar-refractivity contribution in [3.63, 3.8) is 0 Å². The zero-order valence-electron chi connectivity index (χ0n) is 10.7. The van der Waals surface area contributed by atoms with Crippen LogP contribution in [0.4, 0.5) is 5.69 Å². The molecule has 6 heteroatoms. The summed E-state index contributed by atoms with van der Waals surface area (Å²) in [5.41, 5.74) is 0.743. The van der Waals surface area contributed by atoms with Gasteiger partial charge in [0.2, 0.25) is 5.91 Å². The molecule has 1 aromatic rings. The largest absolute Gasteiger partial charge is 0.497 e. The molecule has 1 saturated heterocycles. The first-order valence-corrected chi connectivity index (χ1v) is 8.08. The molecule has 2 rings (SSSR count). The van der Waals surface area contributed by atoms with E-state index in [1.54, 1.807) is 7.11 Å². The number of anilines is 1. The van der Waals surface area contributed by atoms with Gasteiger partial charge in [-0.25, -0.2) is 0 Å². The predicted molar refractivity (Wildman–Crippen MR) is 83.1 cm³/mol. The van der Waals surface area contributed by atoms with Gasteiger partial charge in [-0.05, 0) is 28.1 Å². The third kappa shape index (κ3) is 4.40. The normalized spacial score (nSPS) is 18.9. The van der Waals surface area contributed by atoms with Crippen LogP contribution >= 0.6 is 27.7 Å². The summed E-state index contributed by atoms with van der Waals surface area (Å²) in [7, 11) is 1.61. The highest BCUT2D eigenvalue weighted by atomic mass is 79.9. The van der Waals surface area contributed by atoms with Gasteiger partial charge >= 0.3 is 0 Å². The summed E-state index contributed by atoms with van der Waals surface area (Å²) in [6.07, 6.45) is 0.497. The summed E-state index contributed by atoms with van der Waals surface area (Å²) < 4.78 is 6.01. The van der Waals surface area contributed by atoms with Crippen molar-refractivity contribution in [3.05, 3.63) is 22.7 Å². The number of hydrogen-bond acceptors (Lipinski definition) is 4. The molecule has 0 saturated carbocycles. The van der Waals surface area contributed by atoms with Crippen molar-refractivity contribution in [1.82, 2.24) is 5.32 Å². The fraction of sp³-hybridized carbons (Fsp3) is 0.462. The van der Waals surface area contributed by atoms with Crippen molar-refractivity contribution in [2.75, 3.05) is 30.5 Å². The Kier molecular flexibility index (Phi) is 5.54. The van der Waals surface area contributed by atoms with E-state index in [0.717, 1.165) is 34.0 Å². The van der Waals surface area contributed by atoms with Crippen molar-refractivity contribution in [2.45, 2.75) is 12.5 Å². The van der Waals surface area contributed by atoms with E-state index in [4.69, 9.17) is 4.74 Å². The molecule has 0 spiro atoms. The SMILES string of the molecule is COc1ccc(Br)c(NC(=O)CC2CSCCN2)c1. The minimum Gasteiger partial charge on any atom is -0.497 e. The van der Waals surface area contributed by atoms with Gasteiger partial charge in [0.25, 0.3) is 0 Å². The lowest BCUT2D eigenvalue weighted by atomic mass is 10.2. The van der Waals surface area contributed by atoms with Crippen LogP contribution in [0.2, 0.25) is 0 Å². The fourth-order valence-corrected chi connectivity index (χ4v) is 3.20. The Morgan fingerprint density at radius 1 is 1.63 bits per heavy atom. The lowest BCUT2D eigenvalue weighted by molar-refractivity contribution is -0.116. The summed E-state index contributed by atoms with van der Waals surface area (Å²) in [4.78, 5) is 12.0. The number of carbonyl (C=O) groups is 1. The molecule has 1 aliphatic rings. The minimum absolute atomic E-state index is 0.0222. The Labute approximate surface area is 125 Å². The molecule has 0 bridgehead atoms. The van der Waals surface area contributed by atoms with Gasteiger partial charge in [-0.1, -0.05) is 0 Å². The van der Waals surface area contributed by atoms with Crippen LogP contribution in [0.1, 0.15) is 6.42 Å². The van der Waals surface area contributed by atoms with E-state index in [1.807, 2.05) is 30.0 Å². The Bertz CT molecular complexity index is 450. The van der Waals surface area contributed by atoms with Crippen LogP contribution in [0.3, 0.4) is 0 Å². The molecule has 4 nitrogen and oxygen atoms in total. The second-order valence-electron chi connectivity index (χ2n) is 4.32. The second-order valence-corrected chi connectivity index (χ2v) is 6.33. The van der Waals surface area contributed by atoms with Gasteiger partial charge < -0.3 is 15.4 Å². The number of carbonyl (C=O) groups excluding carboxylic acids is 1. The number of halogens is 1. The number of benzene rings is 1. The van der Waals surface area contributed by atoms with E-state index in [-0.39, 0.29) is 11.9 Å². The number of nitrogens with one attached hydrogen (secondary N) is 2. The van der Waals surface area contributed by atoms with Crippen molar-refractivity contribution in [2.24, 2.45) is 0 Å². The number of hydrogen-bond donors (Lipinski definition) is 2. The van der Waals surface area contributed by atoms with Gasteiger partial charge in [0, 0.05) is 41.1 Å². The third-order valence-electron chi connectivity index (χ3n) is 2.88. The highest BCUT2D eigenvalue weighted by Gasteiger charge is 2.17. The van der Waals surface area contributed by atoms with E-state index in [2.05, 4.69) is 26.6 Å². The molecule has 1 fully saturated rings. The highest BCUT2D eigenvalue weighted by molar-refractivity contribution is 9.10. The number of amides is 1. The van der Waals surface area contributed by atoms with Gasteiger partial charge in [0.05, 0.1) is 12.8 Å². The molecule has 1 unspecified atom stereocenters. The van der Waals surface area contributed by atoms with Gasteiger partial charge in [0.15, 0.2) is 0 Å². The Balaban J connectivity index is 1.94. The Morgan fingerprint density at radius 2 is 2.47 bits per heavy atom. The molecule has 1 heterocycles. The lowest BCUT2D eigenvalue weighted by Gasteiger charge is -2.22. The monoisotopic (exact) mass is 344 g/mol. The molecule has 0 aliphatic carbocycles. The Morgan fingerprint density at radius 3 is 3.16 bits per heavy atom. The maximum absolute atomic E-state index is 12.0. The van der Waals surface area contributed by atoms with E-state index in [1.165, 1.54) is 0 Å². The molecule has 104 valence electrons. The second kappa shape index (κ2) is 7.17. The first kappa shape index (κ1) is 14.7. The number of methoxy groups -OCH3 is 1. The van der Waals surface area contributed by atoms with Crippen molar-refractivity contribution < 1.29 is 9.53 Å². The lowest BCUT2D eigenvalue weighted by Crippen LogP contribution is -2.39. The van der Waals surface area contributed by atoms with Crippen LogP contribution in [-0.4, -0.2) is 37.1 Å². The number of thioether (sulfide) groups is 1. The zero-order valence-corrected chi connectivity index (χ0v) is 13.1. The molecule has 0 aromatic heterocycles. The summed E-state index contributed by atoms with van der Waals surface area (Å²) in [5.74, 6) is 2.87. The Hall–Kier alpha value is -0.720.